The molecule has 1 saturated heterocycles. The number of carbonyl (C=O) groups is 2. The van der Waals surface area contributed by atoms with Crippen molar-refractivity contribution in [1.29, 1.82) is 0 Å². The van der Waals surface area contributed by atoms with Crippen molar-refractivity contribution in [3.8, 4) is 5.75 Å². The van der Waals surface area contributed by atoms with E-state index in [0.717, 1.165) is 11.1 Å². The van der Waals surface area contributed by atoms with Crippen molar-refractivity contribution in [2.75, 3.05) is 34.3 Å². The Bertz CT molecular complexity index is 930. The fourth-order valence-electron chi connectivity index (χ4n) is 3.42. The molecule has 0 aliphatic carbocycles. The van der Waals surface area contributed by atoms with E-state index in [1.807, 2.05) is 50.2 Å². The number of carbonyl (C=O) groups excluding carboxylic acids is 2. The monoisotopic (exact) mass is 394 g/mol. The summed E-state index contributed by atoms with van der Waals surface area (Å²) in [7, 11) is 5.39. The molecule has 1 heterocycles. The Hall–Kier alpha value is -3.12. The van der Waals surface area contributed by atoms with E-state index in [2.05, 4.69) is 0 Å². The molecule has 0 unspecified atom stereocenters. The van der Waals surface area contributed by atoms with E-state index < -0.39 is 17.7 Å². The van der Waals surface area contributed by atoms with Crippen molar-refractivity contribution in [3.63, 3.8) is 0 Å². The van der Waals surface area contributed by atoms with Gasteiger partial charge in [0.15, 0.2) is 0 Å². The molecule has 0 saturated carbocycles. The molecule has 0 aromatic heterocycles. The number of methoxy groups -OCH3 is 1. The molecule has 6 nitrogen and oxygen atoms in total. The highest BCUT2D eigenvalue weighted by Crippen LogP contribution is 2.39. The van der Waals surface area contributed by atoms with Crippen LogP contribution in [-0.4, -0.2) is 60.9 Å². The molecule has 6 heteroatoms. The van der Waals surface area contributed by atoms with E-state index in [-0.39, 0.29) is 11.3 Å². The standard InChI is InChI=1S/C23H26N2O4/c1-15-5-7-17(8-6-15)21(26)19-20(16-9-11-18(29-4)12-10-16)25(14-13-24(2)3)23(28)22(19)27/h5-12,20,26H,13-14H2,1-4H3/b21-19+/t20-/m1/s1. The summed E-state index contributed by atoms with van der Waals surface area (Å²) < 4.78 is 5.22. The highest BCUT2D eigenvalue weighted by Gasteiger charge is 2.45. The van der Waals surface area contributed by atoms with Crippen LogP contribution >= 0.6 is 0 Å². The number of aliphatic hydroxyl groups is 1. The lowest BCUT2D eigenvalue weighted by atomic mass is 9.95. The average molecular weight is 394 g/mol. The molecular formula is C23H26N2O4. The minimum absolute atomic E-state index is 0.114. The first-order chi connectivity index (χ1) is 13.8. The smallest absolute Gasteiger partial charge is 0.295 e. The van der Waals surface area contributed by atoms with E-state index in [4.69, 9.17) is 4.74 Å². The molecule has 152 valence electrons. The first-order valence-electron chi connectivity index (χ1n) is 9.47. The summed E-state index contributed by atoms with van der Waals surface area (Å²) in [5, 5.41) is 11.0. The highest BCUT2D eigenvalue weighted by atomic mass is 16.5. The largest absolute Gasteiger partial charge is 0.507 e. The second-order valence-corrected chi connectivity index (χ2v) is 7.43. The van der Waals surface area contributed by atoms with Gasteiger partial charge in [0.05, 0.1) is 18.7 Å². The van der Waals surface area contributed by atoms with Gasteiger partial charge in [-0.05, 0) is 38.7 Å². The number of aliphatic hydroxyl groups excluding tert-OH is 1. The SMILES string of the molecule is COc1ccc([C@@H]2/C(=C(\O)c3ccc(C)cc3)C(=O)C(=O)N2CCN(C)C)cc1. The normalized spacial score (nSPS) is 18.5. The van der Waals surface area contributed by atoms with Crippen LogP contribution in [0.4, 0.5) is 0 Å². The summed E-state index contributed by atoms with van der Waals surface area (Å²) in [6.07, 6.45) is 0. The summed E-state index contributed by atoms with van der Waals surface area (Å²) in [6, 6.07) is 13.8. The number of hydrogen-bond donors (Lipinski definition) is 1. The molecular weight excluding hydrogens is 368 g/mol. The van der Waals surface area contributed by atoms with E-state index in [1.165, 1.54) is 4.90 Å². The molecule has 1 aliphatic rings. The lowest BCUT2D eigenvalue weighted by Crippen LogP contribution is -2.35. The number of likely N-dealkylation sites (tertiary alicyclic amines) is 1. The molecule has 2 aromatic carbocycles. The Labute approximate surface area is 171 Å². The molecule has 29 heavy (non-hydrogen) atoms. The van der Waals surface area contributed by atoms with Crippen LogP contribution in [0.25, 0.3) is 5.76 Å². The first-order valence-corrected chi connectivity index (χ1v) is 9.47. The number of ether oxygens (including phenoxy) is 1. The van der Waals surface area contributed by atoms with Crippen molar-refractivity contribution in [2.45, 2.75) is 13.0 Å². The average Bonchev–Trinajstić information content (AvgIpc) is 2.97. The lowest BCUT2D eigenvalue weighted by Gasteiger charge is -2.26. The van der Waals surface area contributed by atoms with Crippen LogP contribution in [0.3, 0.4) is 0 Å². The van der Waals surface area contributed by atoms with Crippen LogP contribution in [0.2, 0.25) is 0 Å². The van der Waals surface area contributed by atoms with Gasteiger partial charge in [-0.2, -0.15) is 0 Å². The Balaban J connectivity index is 2.12. The number of likely N-dealkylation sites (N-methyl/N-ethyl adjacent to an activating group) is 1. The van der Waals surface area contributed by atoms with Crippen LogP contribution in [0, 0.1) is 6.92 Å². The van der Waals surface area contributed by atoms with Crippen LogP contribution in [0.5, 0.6) is 5.75 Å². The molecule has 3 rings (SSSR count). The number of benzene rings is 2. The fraction of sp³-hybridized carbons (Fsp3) is 0.304. The van der Waals surface area contributed by atoms with Crippen molar-refractivity contribution < 1.29 is 19.4 Å². The van der Waals surface area contributed by atoms with Gasteiger partial charge in [-0.15, -0.1) is 0 Å². The van der Waals surface area contributed by atoms with E-state index in [0.29, 0.717) is 24.4 Å². The molecule has 0 radical (unpaired) electrons. The Morgan fingerprint density at radius 1 is 1.07 bits per heavy atom. The van der Waals surface area contributed by atoms with Crippen LogP contribution < -0.4 is 4.74 Å². The number of aryl methyl sites for hydroxylation is 1. The Kier molecular flexibility index (Phi) is 6.03. The maximum Gasteiger partial charge on any atom is 0.295 e. The molecule has 1 atom stereocenters. The third kappa shape index (κ3) is 4.17. The predicted octanol–water partition coefficient (Wildman–Crippen LogP) is 2.99. The lowest BCUT2D eigenvalue weighted by molar-refractivity contribution is -0.140. The number of Topliss-reactive ketones (excluding diaryl/α,β-unsaturated/α-hetero) is 1. The van der Waals surface area contributed by atoms with Crippen molar-refractivity contribution in [1.82, 2.24) is 9.80 Å². The quantitative estimate of drug-likeness (QED) is 0.463. The molecule has 2 aromatic rings. The Morgan fingerprint density at radius 3 is 2.24 bits per heavy atom. The van der Waals surface area contributed by atoms with Gasteiger partial charge >= 0.3 is 0 Å². The van der Waals surface area contributed by atoms with Crippen molar-refractivity contribution in [2.24, 2.45) is 0 Å². The third-order valence-electron chi connectivity index (χ3n) is 5.08. The van der Waals surface area contributed by atoms with Gasteiger partial charge in [0.25, 0.3) is 11.7 Å². The van der Waals surface area contributed by atoms with Gasteiger partial charge in [-0.1, -0.05) is 42.0 Å². The molecule has 1 N–H and O–H groups in total. The maximum absolute atomic E-state index is 12.9. The molecule has 1 fully saturated rings. The topological polar surface area (TPSA) is 70.1 Å². The minimum atomic E-state index is -0.664. The summed E-state index contributed by atoms with van der Waals surface area (Å²) in [6.45, 7) is 2.92. The van der Waals surface area contributed by atoms with Crippen LogP contribution in [0.1, 0.15) is 22.7 Å². The highest BCUT2D eigenvalue weighted by molar-refractivity contribution is 6.46. The van der Waals surface area contributed by atoms with Gasteiger partial charge in [0.2, 0.25) is 0 Å². The van der Waals surface area contributed by atoms with Gasteiger partial charge in [0, 0.05) is 18.7 Å². The summed E-state index contributed by atoms with van der Waals surface area (Å²) in [4.78, 5) is 29.2. The number of nitrogens with zero attached hydrogens (tertiary/aromatic N) is 2. The molecule has 1 amide bonds. The number of hydrogen-bond acceptors (Lipinski definition) is 5. The third-order valence-corrected chi connectivity index (χ3v) is 5.08. The van der Waals surface area contributed by atoms with E-state index >= 15 is 0 Å². The van der Waals surface area contributed by atoms with E-state index in [9.17, 15) is 14.7 Å². The maximum atomic E-state index is 12.9. The zero-order valence-corrected chi connectivity index (χ0v) is 17.2. The van der Waals surface area contributed by atoms with Crippen molar-refractivity contribution in [3.05, 3.63) is 70.8 Å². The summed E-state index contributed by atoms with van der Waals surface area (Å²) >= 11 is 0. The minimum Gasteiger partial charge on any atom is -0.507 e. The van der Waals surface area contributed by atoms with Gasteiger partial charge in [-0.25, -0.2) is 0 Å². The fourth-order valence-corrected chi connectivity index (χ4v) is 3.42. The number of amides is 1. The summed E-state index contributed by atoms with van der Waals surface area (Å²) in [5.74, 6) is -0.738. The summed E-state index contributed by atoms with van der Waals surface area (Å²) in [5.41, 5.74) is 2.42. The predicted molar refractivity (Wildman–Crippen MR) is 112 cm³/mol. The zero-order chi connectivity index (χ0) is 21.1. The van der Waals surface area contributed by atoms with Crippen LogP contribution in [-0.2, 0) is 9.59 Å². The second-order valence-electron chi connectivity index (χ2n) is 7.43. The molecule has 0 spiro atoms. The van der Waals surface area contributed by atoms with Gasteiger partial charge < -0.3 is 19.6 Å². The molecule has 0 bridgehead atoms. The number of ketones is 1. The molecule has 1 aliphatic heterocycles. The number of rotatable bonds is 6. The second kappa shape index (κ2) is 8.49. The van der Waals surface area contributed by atoms with Gasteiger partial charge in [-0.3, -0.25) is 9.59 Å². The zero-order valence-electron chi connectivity index (χ0n) is 17.2. The van der Waals surface area contributed by atoms with E-state index in [1.54, 1.807) is 31.4 Å². The van der Waals surface area contributed by atoms with Crippen LogP contribution in [0.15, 0.2) is 54.1 Å². The Morgan fingerprint density at radius 2 is 1.69 bits per heavy atom. The van der Waals surface area contributed by atoms with Crippen molar-refractivity contribution >= 4 is 17.4 Å². The first kappa shape index (κ1) is 20.6. The van der Waals surface area contributed by atoms with Gasteiger partial charge in [0.1, 0.15) is 11.5 Å².